The Bertz CT molecular complexity index is 876. The zero-order valence-electron chi connectivity index (χ0n) is 14.4. The number of para-hydroxylation sites is 2. The van der Waals surface area contributed by atoms with E-state index in [0.29, 0.717) is 28.0 Å². The Hall–Kier alpha value is -2.54. The van der Waals surface area contributed by atoms with E-state index in [1.165, 1.54) is 11.3 Å². The summed E-state index contributed by atoms with van der Waals surface area (Å²) in [6.45, 7) is 2.31. The van der Waals surface area contributed by atoms with Gasteiger partial charge in [-0.15, -0.1) is 11.3 Å². The van der Waals surface area contributed by atoms with Gasteiger partial charge in [0.25, 0.3) is 11.8 Å². The number of hydrogen-bond acceptors (Lipinski definition) is 5. The molecule has 0 spiro atoms. The highest BCUT2D eigenvalue weighted by molar-refractivity contribution is 7.17. The molecule has 1 aromatic heterocycles. The topological polar surface area (TPSA) is 90.7 Å². The number of thiophene rings is 1. The summed E-state index contributed by atoms with van der Waals surface area (Å²) in [4.78, 5) is 25.8. The molecular weight excluding hydrogens is 352 g/mol. The SMILES string of the molecule is C[C@H]1CCc2c(sc(NC(=O)[C@H]3COc4ccccc4O3)c2C(N)=O)C1. The molecule has 2 heterocycles. The average molecular weight is 372 g/mol. The Balaban J connectivity index is 1.56. The molecule has 7 heteroatoms. The Kier molecular flexibility index (Phi) is 4.32. The lowest BCUT2D eigenvalue weighted by molar-refractivity contribution is -0.125. The lowest BCUT2D eigenvalue weighted by atomic mass is 9.88. The summed E-state index contributed by atoms with van der Waals surface area (Å²) < 4.78 is 11.3. The number of amides is 2. The highest BCUT2D eigenvalue weighted by Gasteiger charge is 2.31. The molecule has 26 heavy (non-hydrogen) atoms. The van der Waals surface area contributed by atoms with Gasteiger partial charge in [-0.25, -0.2) is 0 Å². The fraction of sp³-hybridized carbons (Fsp3) is 0.368. The van der Waals surface area contributed by atoms with Crippen molar-refractivity contribution in [3.63, 3.8) is 0 Å². The van der Waals surface area contributed by atoms with Crippen LogP contribution in [0.5, 0.6) is 11.5 Å². The highest BCUT2D eigenvalue weighted by Crippen LogP contribution is 2.39. The molecule has 3 N–H and O–H groups in total. The number of nitrogens with one attached hydrogen (secondary N) is 1. The van der Waals surface area contributed by atoms with Crippen LogP contribution in [0.1, 0.15) is 34.1 Å². The predicted molar refractivity (Wildman–Crippen MR) is 99.0 cm³/mol. The number of anilines is 1. The number of ether oxygens (including phenoxy) is 2. The minimum Gasteiger partial charge on any atom is -0.485 e. The number of carbonyl (C=O) groups is 2. The van der Waals surface area contributed by atoms with Crippen molar-refractivity contribution in [3.8, 4) is 11.5 Å². The van der Waals surface area contributed by atoms with Crippen LogP contribution in [0.25, 0.3) is 0 Å². The van der Waals surface area contributed by atoms with E-state index in [4.69, 9.17) is 15.2 Å². The van der Waals surface area contributed by atoms with E-state index >= 15 is 0 Å². The van der Waals surface area contributed by atoms with Gasteiger partial charge in [0.2, 0.25) is 6.10 Å². The van der Waals surface area contributed by atoms with E-state index in [-0.39, 0.29) is 12.5 Å². The van der Waals surface area contributed by atoms with E-state index in [0.717, 1.165) is 29.7 Å². The zero-order chi connectivity index (χ0) is 18.3. The van der Waals surface area contributed by atoms with Gasteiger partial charge in [0.15, 0.2) is 11.5 Å². The first-order chi connectivity index (χ1) is 12.5. The first kappa shape index (κ1) is 16.9. The maximum atomic E-state index is 12.7. The molecule has 2 aromatic rings. The van der Waals surface area contributed by atoms with E-state index in [2.05, 4.69) is 12.2 Å². The van der Waals surface area contributed by atoms with E-state index in [9.17, 15) is 9.59 Å². The minimum absolute atomic E-state index is 0.122. The summed E-state index contributed by atoms with van der Waals surface area (Å²) >= 11 is 1.44. The molecule has 0 unspecified atom stereocenters. The molecule has 1 aliphatic heterocycles. The molecule has 6 nitrogen and oxygen atoms in total. The fourth-order valence-corrected chi connectivity index (χ4v) is 4.86. The van der Waals surface area contributed by atoms with Gasteiger partial charge in [0, 0.05) is 4.88 Å². The van der Waals surface area contributed by atoms with Crippen molar-refractivity contribution in [2.45, 2.75) is 32.3 Å². The lowest BCUT2D eigenvalue weighted by Gasteiger charge is -2.25. The van der Waals surface area contributed by atoms with Crippen LogP contribution in [0.2, 0.25) is 0 Å². The van der Waals surface area contributed by atoms with Gasteiger partial charge in [-0.3, -0.25) is 9.59 Å². The molecule has 0 saturated carbocycles. The van der Waals surface area contributed by atoms with Crippen molar-refractivity contribution in [1.82, 2.24) is 0 Å². The van der Waals surface area contributed by atoms with E-state index < -0.39 is 12.0 Å². The van der Waals surface area contributed by atoms with Gasteiger partial charge < -0.3 is 20.5 Å². The van der Waals surface area contributed by atoms with Gasteiger partial charge >= 0.3 is 0 Å². The van der Waals surface area contributed by atoms with Gasteiger partial charge in [-0.2, -0.15) is 0 Å². The molecule has 2 aliphatic rings. The van der Waals surface area contributed by atoms with Crippen LogP contribution in [-0.4, -0.2) is 24.5 Å². The fourth-order valence-electron chi connectivity index (χ4n) is 3.44. The predicted octanol–water partition coefficient (Wildman–Crippen LogP) is 2.75. The molecule has 0 bridgehead atoms. The van der Waals surface area contributed by atoms with Crippen molar-refractivity contribution in [2.24, 2.45) is 11.7 Å². The second-order valence-corrected chi connectivity index (χ2v) is 7.88. The van der Waals surface area contributed by atoms with Crippen LogP contribution in [0.15, 0.2) is 24.3 Å². The number of rotatable bonds is 3. The van der Waals surface area contributed by atoms with Crippen LogP contribution >= 0.6 is 11.3 Å². The molecule has 1 aromatic carbocycles. The number of primary amides is 1. The Morgan fingerprint density at radius 3 is 2.81 bits per heavy atom. The average Bonchev–Trinajstić information content (AvgIpc) is 2.98. The number of fused-ring (bicyclic) bond motifs is 2. The summed E-state index contributed by atoms with van der Waals surface area (Å²) in [5.41, 5.74) is 7.03. The number of benzene rings is 1. The summed E-state index contributed by atoms with van der Waals surface area (Å²) in [7, 11) is 0. The normalized spacial score (nSPS) is 21.0. The quantitative estimate of drug-likeness (QED) is 0.867. The molecule has 2 amide bonds. The summed E-state index contributed by atoms with van der Waals surface area (Å²) in [5, 5.41) is 3.36. The van der Waals surface area contributed by atoms with Crippen molar-refractivity contribution < 1.29 is 19.1 Å². The summed E-state index contributed by atoms with van der Waals surface area (Å²) in [6.07, 6.45) is 1.97. The van der Waals surface area contributed by atoms with Crippen molar-refractivity contribution in [3.05, 3.63) is 40.3 Å². The molecule has 0 fully saturated rings. The van der Waals surface area contributed by atoms with Gasteiger partial charge in [0.1, 0.15) is 11.6 Å². The van der Waals surface area contributed by atoms with Crippen LogP contribution in [0, 0.1) is 5.92 Å². The summed E-state index contributed by atoms with van der Waals surface area (Å²) in [5.74, 6) is 0.882. The maximum Gasteiger partial charge on any atom is 0.269 e. The Morgan fingerprint density at radius 1 is 1.27 bits per heavy atom. The van der Waals surface area contributed by atoms with Crippen molar-refractivity contribution in [2.75, 3.05) is 11.9 Å². The second-order valence-electron chi connectivity index (χ2n) is 6.77. The number of nitrogens with two attached hydrogens (primary N) is 1. The van der Waals surface area contributed by atoms with E-state index in [1.54, 1.807) is 12.1 Å². The maximum absolute atomic E-state index is 12.7. The first-order valence-electron chi connectivity index (χ1n) is 8.66. The standard InChI is InChI=1S/C19H20N2O4S/c1-10-6-7-11-15(8-10)26-19(16(11)17(20)22)21-18(23)14-9-24-12-4-2-3-5-13(12)25-14/h2-5,10,14H,6-9H2,1H3,(H2,20,22)(H,21,23)/t10-,14+/m0/s1. The molecule has 4 rings (SSSR count). The molecule has 136 valence electrons. The smallest absolute Gasteiger partial charge is 0.269 e. The molecule has 0 radical (unpaired) electrons. The van der Waals surface area contributed by atoms with Crippen LogP contribution in [0.3, 0.4) is 0 Å². The molecule has 0 saturated heterocycles. The number of hydrogen-bond donors (Lipinski definition) is 2. The van der Waals surface area contributed by atoms with Crippen LogP contribution < -0.4 is 20.5 Å². The first-order valence-corrected chi connectivity index (χ1v) is 9.48. The Morgan fingerprint density at radius 2 is 2.04 bits per heavy atom. The van der Waals surface area contributed by atoms with Crippen LogP contribution in [0.4, 0.5) is 5.00 Å². The monoisotopic (exact) mass is 372 g/mol. The number of carbonyl (C=O) groups excluding carboxylic acids is 2. The zero-order valence-corrected chi connectivity index (χ0v) is 15.2. The van der Waals surface area contributed by atoms with Gasteiger partial charge in [0.05, 0.1) is 5.56 Å². The Labute approximate surface area is 155 Å². The molecule has 2 atom stereocenters. The third-order valence-corrected chi connectivity index (χ3v) is 5.97. The van der Waals surface area contributed by atoms with Gasteiger partial charge in [-0.1, -0.05) is 19.1 Å². The van der Waals surface area contributed by atoms with Crippen molar-refractivity contribution >= 4 is 28.2 Å². The lowest BCUT2D eigenvalue weighted by Crippen LogP contribution is -2.40. The highest BCUT2D eigenvalue weighted by atomic mass is 32.1. The third kappa shape index (κ3) is 3.03. The van der Waals surface area contributed by atoms with Crippen LogP contribution in [-0.2, 0) is 17.6 Å². The second kappa shape index (κ2) is 6.64. The van der Waals surface area contributed by atoms with Crippen molar-refractivity contribution in [1.29, 1.82) is 0 Å². The molecular formula is C19H20N2O4S. The largest absolute Gasteiger partial charge is 0.485 e. The third-order valence-electron chi connectivity index (χ3n) is 4.80. The molecule has 1 aliphatic carbocycles. The van der Waals surface area contributed by atoms with Gasteiger partial charge in [-0.05, 0) is 42.9 Å². The van der Waals surface area contributed by atoms with E-state index in [1.807, 2.05) is 12.1 Å². The minimum atomic E-state index is -0.774. The summed E-state index contributed by atoms with van der Waals surface area (Å²) in [6, 6.07) is 7.22.